The topological polar surface area (TPSA) is 69.6 Å². The Hall–Kier alpha value is -2.04. The number of rotatable bonds is 2. The Morgan fingerprint density at radius 1 is 1.26 bits per heavy atom. The van der Waals surface area contributed by atoms with Gasteiger partial charge in [0.1, 0.15) is 17.3 Å². The standard InChI is InChI=1S/C14H18N2O3/c1-9-12(18)15-14(2,3)13(19)16(9)8-10-4-6-11(17)7-5-10/h4-7,9,17H,8H2,1-3H3,(H,15,18). The zero-order chi connectivity index (χ0) is 14.2. The summed E-state index contributed by atoms with van der Waals surface area (Å²) in [6, 6.07) is 6.14. The Balaban J connectivity index is 2.23. The van der Waals surface area contributed by atoms with Crippen LogP contribution in [0.15, 0.2) is 24.3 Å². The summed E-state index contributed by atoms with van der Waals surface area (Å²) >= 11 is 0. The number of nitrogens with zero attached hydrogens (tertiary/aromatic N) is 1. The van der Waals surface area contributed by atoms with Crippen LogP contribution in [0.3, 0.4) is 0 Å². The summed E-state index contributed by atoms with van der Waals surface area (Å²) in [6.07, 6.45) is 0. The van der Waals surface area contributed by atoms with E-state index in [1.165, 1.54) is 0 Å². The van der Waals surface area contributed by atoms with E-state index in [-0.39, 0.29) is 17.6 Å². The summed E-state index contributed by atoms with van der Waals surface area (Å²) in [4.78, 5) is 25.8. The lowest BCUT2D eigenvalue weighted by atomic mass is 9.97. The molecule has 0 aliphatic carbocycles. The highest BCUT2D eigenvalue weighted by atomic mass is 16.3. The first-order valence-electron chi connectivity index (χ1n) is 6.22. The van der Waals surface area contributed by atoms with Gasteiger partial charge in [0.2, 0.25) is 11.8 Å². The van der Waals surface area contributed by atoms with Crippen molar-refractivity contribution in [3.8, 4) is 5.75 Å². The Morgan fingerprint density at radius 2 is 1.84 bits per heavy atom. The van der Waals surface area contributed by atoms with Crippen LogP contribution in [0.5, 0.6) is 5.75 Å². The highest BCUT2D eigenvalue weighted by molar-refractivity contribution is 5.99. The molecule has 5 heteroatoms. The van der Waals surface area contributed by atoms with Gasteiger partial charge in [-0.25, -0.2) is 0 Å². The van der Waals surface area contributed by atoms with Gasteiger partial charge in [-0.3, -0.25) is 9.59 Å². The fourth-order valence-electron chi connectivity index (χ4n) is 2.15. The molecular formula is C14H18N2O3. The van der Waals surface area contributed by atoms with Gasteiger partial charge < -0.3 is 15.3 Å². The minimum Gasteiger partial charge on any atom is -0.508 e. The van der Waals surface area contributed by atoms with Crippen LogP contribution in [0, 0.1) is 0 Å². The number of nitrogens with one attached hydrogen (secondary N) is 1. The predicted octanol–water partition coefficient (Wildman–Crippen LogP) is 1.02. The smallest absolute Gasteiger partial charge is 0.248 e. The van der Waals surface area contributed by atoms with E-state index >= 15 is 0 Å². The normalized spacial score (nSPS) is 22.3. The maximum absolute atomic E-state index is 12.3. The predicted molar refractivity (Wildman–Crippen MR) is 70.3 cm³/mol. The largest absolute Gasteiger partial charge is 0.508 e. The average molecular weight is 262 g/mol. The minimum atomic E-state index is -0.874. The molecule has 2 N–H and O–H groups in total. The summed E-state index contributed by atoms with van der Waals surface area (Å²) in [6.45, 7) is 5.46. The molecule has 1 atom stereocenters. The molecule has 19 heavy (non-hydrogen) atoms. The van der Waals surface area contributed by atoms with Crippen molar-refractivity contribution in [2.24, 2.45) is 0 Å². The van der Waals surface area contributed by atoms with Crippen molar-refractivity contribution in [2.75, 3.05) is 0 Å². The number of carbonyl (C=O) groups excluding carboxylic acids is 2. The third-order valence-electron chi connectivity index (χ3n) is 3.37. The van der Waals surface area contributed by atoms with Crippen LogP contribution < -0.4 is 5.32 Å². The Labute approximate surface area is 112 Å². The average Bonchev–Trinajstić information content (AvgIpc) is 2.34. The number of carbonyl (C=O) groups is 2. The van der Waals surface area contributed by atoms with E-state index in [9.17, 15) is 14.7 Å². The van der Waals surface area contributed by atoms with Gasteiger partial charge in [-0.1, -0.05) is 12.1 Å². The summed E-state index contributed by atoms with van der Waals surface area (Å²) in [5.41, 5.74) is 0.00375. The fourth-order valence-corrected chi connectivity index (χ4v) is 2.15. The molecule has 2 amide bonds. The van der Waals surface area contributed by atoms with E-state index in [1.807, 2.05) is 0 Å². The Morgan fingerprint density at radius 3 is 2.42 bits per heavy atom. The molecule has 0 saturated carbocycles. The molecule has 2 rings (SSSR count). The van der Waals surface area contributed by atoms with Gasteiger partial charge in [-0.15, -0.1) is 0 Å². The molecule has 5 nitrogen and oxygen atoms in total. The van der Waals surface area contributed by atoms with Crippen LogP contribution >= 0.6 is 0 Å². The summed E-state index contributed by atoms with van der Waals surface area (Å²) in [7, 11) is 0. The van der Waals surface area contributed by atoms with Gasteiger partial charge in [0.15, 0.2) is 0 Å². The first kappa shape index (κ1) is 13.4. The lowest BCUT2D eigenvalue weighted by molar-refractivity contribution is -0.153. The molecule has 1 aliphatic heterocycles. The third-order valence-corrected chi connectivity index (χ3v) is 3.37. The highest BCUT2D eigenvalue weighted by Gasteiger charge is 2.43. The van der Waals surface area contributed by atoms with E-state index in [4.69, 9.17) is 0 Å². The first-order valence-corrected chi connectivity index (χ1v) is 6.22. The Kier molecular flexibility index (Phi) is 3.22. The van der Waals surface area contributed by atoms with Crippen LogP contribution in [0.4, 0.5) is 0 Å². The molecule has 0 radical (unpaired) electrons. The zero-order valence-corrected chi connectivity index (χ0v) is 11.3. The quantitative estimate of drug-likeness (QED) is 0.836. The van der Waals surface area contributed by atoms with Crippen molar-refractivity contribution in [1.29, 1.82) is 0 Å². The van der Waals surface area contributed by atoms with Gasteiger partial charge in [0.25, 0.3) is 0 Å². The molecule has 0 bridgehead atoms. The molecule has 1 saturated heterocycles. The van der Waals surface area contributed by atoms with Crippen molar-refractivity contribution in [3.63, 3.8) is 0 Å². The van der Waals surface area contributed by atoms with Gasteiger partial charge in [-0.05, 0) is 38.5 Å². The lowest BCUT2D eigenvalue weighted by Gasteiger charge is -2.41. The fraction of sp³-hybridized carbons (Fsp3) is 0.429. The summed E-state index contributed by atoms with van der Waals surface area (Å²) in [5, 5.41) is 12.0. The monoisotopic (exact) mass is 262 g/mol. The SMILES string of the molecule is CC1C(=O)NC(C)(C)C(=O)N1Cc1ccc(O)cc1. The summed E-state index contributed by atoms with van der Waals surface area (Å²) in [5.74, 6) is -0.0732. The van der Waals surface area contributed by atoms with E-state index in [0.717, 1.165) is 5.56 Å². The minimum absolute atomic E-state index is 0.104. The van der Waals surface area contributed by atoms with Crippen LogP contribution in [0.2, 0.25) is 0 Å². The maximum atomic E-state index is 12.3. The zero-order valence-electron chi connectivity index (χ0n) is 11.3. The van der Waals surface area contributed by atoms with Crippen molar-refractivity contribution >= 4 is 11.8 Å². The van der Waals surface area contributed by atoms with Gasteiger partial charge in [0.05, 0.1) is 0 Å². The van der Waals surface area contributed by atoms with E-state index in [0.29, 0.717) is 6.54 Å². The number of hydrogen-bond donors (Lipinski definition) is 2. The molecule has 0 aromatic heterocycles. The molecular weight excluding hydrogens is 244 g/mol. The van der Waals surface area contributed by atoms with Crippen molar-refractivity contribution < 1.29 is 14.7 Å². The van der Waals surface area contributed by atoms with Crippen LogP contribution in [0.25, 0.3) is 0 Å². The number of piperazine rings is 1. The van der Waals surface area contributed by atoms with E-state index in [1.54, 1.807) is 49.9 Å². The molecule has 0 spiro atoms. The second-order valence-electron chi connectivity index (χ2n) is 5.39. The molecule has 1 aromatic carbocycles. The van der Waals surface area contributed by atoms with E-state index in [2.05, 4.69) is 5.32 Å². The third kappa shape index (κ3) is 2.54. The van der Waals surface area contributed by atoms with Gasteiger partial charge in [0, 0.05) is 6.54 Å². The van der Waals surface area contributed by atoms with Crippen LogP contribution in [-0.2, 0) is 16.1 Å². The van der Waals surface area contributed by atoms with Crippen LogP contribution in [-0.4, -0.2) is 33.4 Å². The number of aromatic hydroxyl groups is 1. The second kappa shape index (κ2) is 4.57. The highest BCUT2D eigenvalue weighted by Crippen LogP contribution is 2.21. The number of phenolic OH excluding ortho intramolecular Hbond substituents is 1. The number of hydrogen-bond acceptors (Lipinski definition) is 3. The van der Waals surface area contributed by atoms with Gasteiger partial charge in [-0.2, -0.15) is 0 Å². The maximum Gasteiger partial charge on any atom is 0.248 e. The number of amides is 2. The molecule has 102 valence electrons. The van der Waals surface area contributed by atoms with Crippen molar-refractivity contribution in [1.82, 2.24) is 10.2 Å². The number of phenols is 1. The van der Waals surface area contributed by atoms with Crippen molar-refractivity contribution in [2.45, 2.75) is 38.9 Å². The lowest BCUT2D eigenvalue weighted by Crippen LogP contribution is -2.66. The van der Waals surface area contributed by atoms with Crippen molar-refractivity contribution in [3.05, 3.63) is 29.8 Å². The molecule has 1 aliphatic rings. The molecule has 1 unspecified atom stereocenters. The molecule has 1 heterocycles. The number of benzene rings is 1. The summed E-state index contributed by atoms with van der Waals surface area (Å²) < 4.78 is 0. The second-order valence-corrected chi connectivity index (χ2v) is 5.39. The van der Waals surface area contributed by atoms with Gasteiger partial charge >= 0.3 is 0 Å². The molecule has 1 aromatic rings. The Bertz CT molecular complexity index is 508. The van der Waals surface area contributed by atoms with Crippen LogP contribution in [0.1, 0.15) is 26.3 Å². The first-order chi connectivity index (χ1) is 8.81. The molecule has 1 fully saturated rings. The van der Waals surface area contributed by atoms with E-state index < -0.39 is 11.6 Å².